The van der Waals surface area contributed by atoms with Gasteiger partial charge in [0.25, 0.3) is 5.91 Å². The van der Waals surface area contributed by atoms with E-state index < -0.39 is 0 Å². The molecule has 0 aromatic heterocycles. The maximum Gasteiger partial charge on any atom is 0.257 e. The molecule has 2 aromatic carbocycles. The maximum absolute atomic E-state index is 12.2. The molecule has 1 heterocycles. The van der Waals surface area contributed by atoms with Gasteiger partial charge in [-0.2, -0.15) is 0 Å². The molecule has 5 nitrogen and oxygen atoms in total. The predicted molar refractivity (Wildman–Crippen MR) is 108 cm³/mol. The van der Waals surface area contributed by atoms with Crippen molar-refractivity contribution in [3.8, 4) is 0 Å². The van der Waals surface area contributed by atoms with E-state index in [-0.39, 0.29) is 11.0 Å². The molecule has 0 unspecified atom stereocenters. The number of anilines is 1. The molecule has 1 amide bonds. The van der Waals surface area contributed by atoms with Crippen molar-refractivity contribution < 1.29 is 9.53 Å². The number of carbonyl (C=O) groups is 1. The van der Waals surface area contributed by atoms with Gasteiger partial charge < -0.3 is 10.1 Å². The number of hydrogen-bond donors (Lipinski definition) is 2. The summed E-state index contributed by atoms with van der Waals surface area (Å²) in [6.45, 7) is 4.40. The van der Waals surface area contributed by atoms with E-state index in [1.54, 1.807) is 24.3 Å². The van der Waals surface area contributed by atoms with Gasteiger partial charge in [0.05, 0.1) is 13.2 Å². The van der Waals surface area contributed by atoms with Gasteiger partial charge in [-0.15, -0.1) is 0 Å². The number of benzene rings is 2. The van der Waals surface area contributed by atoms with E-state index in [4.69, 9.17) is 28.6 Å². The van der Waals surface area contributed by atoms with Crippen LogP contribution < -0.4 is 10.6 Å². The first kappa shape index (κ1) is 18.8. The van der Waals surface area contributed by atoms with Crippen molar-refractivity contribution in [3.63, 3.8) is 0 Å². The van der Waals surface area contributed by atoms with Crippen LogP contribution in [0.15, 0.2) is 48.5 Å². The molecule has 2 aromatic rings. The molecule has 26 heavy (non-hydrogen) atoms. The Morgan fingerprint density at radius 2 is 1.88 bits per heavy atom. The van der Waals surface area contributed by atoms with E-state index >= 15 is 0 Å². The van der Waals surface area contributed by atoms with Crippen LogP contribution in [-0.4, -0.2) is 42.2 Å². The average molecular weight is 390 g/mol. The standard InChI is InChI=1S/C19H20ClN3O2S/c20-16-3-1-2-15(12-16)18(24)22-19(26)21-17-6-4-14(5-7-17)13-23-8-10-25-11-9-23/h1-7,12H,8-11,13H2,(H2,21,22,24,26). The van der Waals surface area contributed by atoms with Gasteiger partial charge in [-0.1, -0.05) is 29.8 Å². The molecule has 1 aliphatic rings. The van der Waals surface area contributed by atoms with Crippen LogP contribution in [0.3, 0.4) is 0 Å². The lowest BCUT2D eigenvalue weighted by Gasteiger charge is -2.26. The van der Waals surface area contributed by atoms with Crippen molar-refractivity contribution in [2.75, 3.05) is 31.6 Å². The number of carbonyl (C=O) groups excluding carboxylic acids is 1. The predicted octanol–water partition coefficient (Wildman–Crippen LogP) is 3.30. The average Bonchev–Trinajstić information content (AvgIpc) is 2.64. The number of thiocarbonyl (C=S) groups is 1. The van der Waals surface area contributed by atoms with Crippen LogP contribution in [0.1, 0.15) is 15.9 Å². The van der Waals surface area contributed by atoms with E-state index in [0.29, 0.717) is 10.6 Å². The molecule has 0 aliphatic carbocycles. The largest absolute Gasteiger partial charge is 0.379 e. The van der Waals surface area contributed by atoms with Gasteiger partial charge >= 0.3 is 0 Å². The highest BCUT2D eigenvalue weighted by Crippen LogP contribution is 2.13. The summed E-state index contributed by atoms with van der Waals surface area (Å²) in [7, 11) is 0. The molecule has 0 atom stereocenters. The summed E-state index contributed by atoms with van der Waals surface area (Å²) in [4.78, 5) is 14.5. The SMILES string of the molecule is O=C(NC(=S)Nc1ccc(CN2CCOCC2)cc1)c1cccc(Cl)c1. The number of nitrogens with zero attached hydrogens (tertiary/aromatic N) is 1. The highest BCUT2D eigenvalue weighted by atomic mass is 35.5. The zero-order valence-electron chi connectivity index (χ0n) is 14.2. The smallest absolute Gasteiger partial charge is 0.257 e. The molecule has 0 bridgehead atoms. The maximum atomic E-state index is 12.2. The second-order valence-corrected chi connectivity index (χ2v) is 6.85. The van der Waals surface area contributed by atoms with Gasteiger partial charge in [-0.25, -0.2) is 0 Å². The molecular weight excluding hydrogens is 370 g/mol. The van der Waals surface area contributed by atoms with E-state index in [9.17, 15) is 4.79 Å². The summed E-state index contributed by atoms with van der Waals surface area (Å²) in [5.41, 5.74) is 2.51. The molecule has 136 valence electrons. The quantitative estimate of drug-likeness (QED) is 0.786. The minimum Gasteiger partial charge on any atom is -0.379 e. The third kappa shape index (κ3) is 5.51. The third-order valence-electron chi connectivity index (χ3n) is 4.04. The monoisotopic (exact) mass is 389 g/mol. The fourth-order valence-corrected chi connectivity index (χ4v) is 3.08. The van der Waals surface area contributed by atoms with Gasteiger partial charge in [0.15, 0.2) is 5.11 Å². The first-order chi connectivity index (χ1) is 12.6. The fourth-order valence-electron chi connectivity index (χ4n) is 2.68. The van der Waals surface area contributed by atoms with Crippen LogP contribution in [0.25, 0.3) is 0 Å². The van der Waals surface area contributed by atoms with Crippen molar-refractivity contribution in [1.29, 1.82) is 0 Å². The Bertz CT molecular complexity index is 777. The summed E-state index contributed by atoms with van der Waals surface area (Å²) in [6, 6.07) is 14.7. The van der Waals surface area contributed by atoms with Crippen LogP contribution in [0.2, 0.25) is 5.02 Å². The summed E-state index contributed by atoms with van der Waals surface area (Å²) < 4.78 is 5.36. The summed E-state index contributed by atoms with van der Waals surface area (Å²) in [5, 5.41) is 6.43. The van der Waals surface area contributed by atoms with Gasteiger partial charge in [0, 0.05) is 35.9 Å². The van der Waals surface area contributed by atoms with E-state index in [1.807, 2.05) is 12.1 Å². The number of nitrogens with one attached hydrogen (secondary N) is 2. The Hall–Kier alpha value is -1.99. The Labute approximate surface area is 163 Å². The molecule has 1 fully saturated rings. The van der Waals surface area contributed by atoms with Crippen LogP contribution in [0.5, 0.6) is 0 Å². The molecule has 0 saturated carbocycles. The molecule has 2 N–H and O–H groups in total. The minimum atomic E-state index is -0.297. The number of amides is 1. The highest BCUT2D eigenvalue weighted by molar-refractivity contribution is 7.80. The molecule has 0 radical (unpaired) electrons. The van der Waals surface area contributed by atoms with Crippen LogP contribution in [-0.2, 0) is 11.3 Å². The van der Waals surface area contributed by atoms with Gasteiger partial charge in [0.1, 0.15) is 0 Å². The number of rotatable bonds is 4. The van der Waals surface area contributed by atoms with Crippen molar-refractivity contribution in [2.45, 2.75) is 6.54 Å². The number of ether oxygens (including phenoxy) is 1. The van der Waals surface area contributed by atoms with Crippen molar-refractivity contribution in [1.82, 2.24) is 10.2 Å². The van der Waals surface area contributed by atoms with E-state index in [2.05, 4.69) is 27.7 Å². The highest BCUT2D eigenvalue weighted by Gasteiger charge is 2.11. The van der Waals surface area contributed by atoms with Gasteiger partial charge in [-0.05, 0) is 48.1 Å². The zero-order valence-corrected chi connectivity index (χ0v) is 15.8. The van der Waals surface area contributed by atoms with Gasteiger partial charge in [0.2, 0.25) is 0 Å². The molecule has 3 rings (SSSR count). The van der Waals surface area contributed by atoms with Crippen LogP contribution >= 0.6 is 23.8 Å². The Morgan fingerprint density at radius 1 is 1.15 bits per heavy atom. The van der Waals surface area contributed by atoms with Crippen LogP contribution in [0.4, 0.5) is 5.69 Å². The first-order valence-electron chi connectivity index (χ1n) is 8.37. The number of hydrogen-bond acceptors (Lipinski definition) is 4. The summed E-state index contributed by atoms with van der Waals surface area (Å²) in [5.74, 6) is -0.297. The van der Waals surface area contributed by atoms with Crippen molar-refractivity contribution in [3.05, 3.63) is 64.7 Å². The lowest BCUT2D eigenvalue weighted by atomic mass is 10.2. The van der Waals surface area contributed by atoms with E-state index in [0.717, 1.165) is 38.5 Å². The molecule has 0 spiro atoms. The topological polar surface area (TPSA) is 53.6 Å². The first-order valence-corrected chi connectivity index (χ1v) is 9.16. The Morgan fingerprint density at radius 3 is 2.58 bits per heavy atom. The molecule has 7 heteroatoms. The Balaban J connectivity index is 1.51. The van der Waals surface area contributed by atoms with Crippen molar-refractivity contribution >= 4 is 40.5 Å². The summed E-state index contributed by atoms with van der Waals surface area (Å²) in [6.07, 6.45) is 0. The Kier molecular flexibility index (Phi) is 6.57. The number of halogens is 1. The second-order valence-electron chi connectivity index (χ2n) is 6.00. The minimum absolute atomic E-state index is 0.246. The van der Waals surface area contributed by atoms with E-state index in [1.165, 1.54) is 5.56 Å². The molecule has 1 saturated heterocycles. The summed E-state index contributed by atoms with van der Waals surface area (Å²) >= 11 is 11.1. The second kappa shape index (κ2) is 9.09. The van der Waals surface area contributed by atoms with Gasteiger partial charge in [-0.3, -0.25) is 15.0 Å². The fraction of sp³-hybridized carbons (Fsp3) is 0.263. The van der Waals surface area contributed by atoms with Crippen molar-refractivity contribution in [2.24, 2.45) is 0 Å². The third-order valence-corrected chi connectivity index (χ3v) is 4.47. The normalized spacial score (nSPS) is 14.7. The number of morpholine rings is 1. The van der Waals surface area contributed by atoms with Crippen LogP contribution in [0, 0.1) is 0 Å². The molecular formula is C19H20ClN3O2S. The molecule has 1 aliphatic heterocycles. The lowest BCUT2D eigenvalue weighted by molar-refractivity contribution is 0.0342. The lowest BCUT2D eigenvalue weighted by Crippen LogP contribution is -2.35. The zero-order chi connectivity index (χ0) is 18.4.